The standard InChI is InChI=1S/C9H21NO8P2/c1-2-3-7-18-9(11)10-6-4-5-8(19(12,13)14)20(15,16)17/h8H,2-7H2,1H3,(H,10,11)(H2,12,13,14)(H2,15,16,17). The average molecular weight is 333 g/mol. The second-order valence-electron chi connectivity index (χ2n) is 4.22. The van der Waals surface area contributed by atoms with Gasteiger partial charge in [0, 0.05) is 6.54 Å². The van der Waals surface area contributed by atoms with E-state index in [-0.39, 0.29) is 19.6 Å². The van der Waals surface area contributed by atoms with Gasteiger partial charge in [0.15, 0.2) is 5.40 Å². The number of unbranched alkanes of at least 4 members (excludes halogenated alkanes) is 1. The Balaban J connectivity index is 4.06. The number of ether oxygens (including phenoxy) is 1. The number of carbonyl (C=O) groups is 1. The number of rotatable bonds is 9. The zero-order chi connectivity index (χ0) is 15.8. The Morgan fingerprint density at radius 3 is 2.15 bits per heavy atom. The lowest BCUT2D eigenvalue weighted by molar-refractivity contribution is 0.144. The van der Waals surface area contributed by atoms with Gasteiger partial charge in [-0.15, -0.1) is 0 Å². The molecule has 0 unspecified atom stereocenters. The van der Waals surface area contributed by atoms with Crippen molar-refractivity contribution in [1.82, 2.24) is 5.32 Å². The zero-order valence-electron chi connectivity index (χ0n) is 11.1. The Hall–Kier alpha value is -0.430. The zero-order valence-corrected chi connectivity index (χ0v) is 12.9. The van der Waals surface area contributed by atoms with Crippen LogP contribution in [0, 0.1) is 0 Å². The number of hydrogen-bond donors (Lipinski definition) is 5. The molecular formula is C9H21NO8P2. The van der Waals surface area contributed by atoms with Crippen molar-refractivity contribution in [1.29, 1.82) is 0 Å². The predicted molar refractivity (Wildman–Crippen MR) is 71.4 cm³/mol. The van der Waals surface area contributed by atoms with Crippen LogP contribution in [0.2, 0.25) is 0 Å². The number of hydrogen-bond acceptors (Lipinski definition) is 4. The van der Waals surface area contributed by atoms with Crippen molar-refractivity contribution in [3.63, 3.8) is 0 Å². The molecule has 0 heterocycles. The van der Waals surface area contributed by atoms with Gasteiger partial charge in [-0.2, -0.15) is 0 Å². The molecule has 0 aromatic carbocycles. The third kappa shape index (κ3) is 8.68. The molecule has 0 aromatic rings. The molecule has 9 nitrogen and oxygen atoms in total. The highest BCUT2D eigenvalue weighted by molar-refractivity contribution is 7.70. The third-order valence-corrected chi connectivity index (χ3v) is 6.29. The van der Waals surface area contributed by atoms with Crippen molar-refractivity contribution in [2.24, 2.45) is 0 Å². The van der Waals surface area contributed by atoms with Gasteiger partial charge in [-0.3, -0.25) is 9.13 Å². The van der Waals surface area contributed by atoms with Crippen LogP contribution in [0.1, 0.15) is 32.6 Å². The van der Waals surface area contributed by atoms with Crippen LogP contribution in [0.3, 0.4) is 0 Å². The molecule has 0 saturated carbocycles. The highest BCUT2D eigenvalue weighted by Gasteiger charge is 2.42. The largest absolute Gasteiger partial charge is 0.450 e. The summed E-state index contributed by atoms with van der Waals surface area (Å²) in [5, 5.41) is 0.298. The Labute approximate surface area is 117 Å². The molecule has 0 aliphatic rings. The number of alkyl carbamates (subject to hydrolysis) is 1. The molecule has 0 saturated heterocycles. The molecular weight excluding hydrogens is 312 g/mol. The molecule has 0 aromatic heterocycles. The van der Waals surface area contributed by atoms with Crippen molar-refractivity contribution in [2.45, 2.75) is 38.0 Å². The van der Waals surface area contributed by atoms with E-state index in [0.29, 0.717) is 0 Å². The first-order chi connectivity index (χ1) is 9.09. The smallest absolute Gasteiger partial charge is 0.407 e. The van der Waals surface area contributed by atoms with E-state index in [4.69, 9.17) is 24.3 Å². The molecule has 20 heavy (non-hydrogen) atoms. The van der Waals surface area contributed by atoms with Gasteiger partial charge in [0.25, 0.3) is 0 Å². The first-order valence-corrected chi connectivity index (χ1v) is 9.46. The van der Waals surface area contributed by atoms with E-state index in [1.807, 2.05) is 6.92 Å². The van der Waals surface area contributed by atoms with Crippen molar-refractivity contribution in [2.75, 3.05) is 13.2 Å². The topological polar surface area (TPSA) is 153 Å². The molecule has 0 spiro atoms. The first-order valence-electron chi connectivity index (χ1n) is 6.10. The SMILES string of the molecule is CCCCOC(=O)NCCCC(P(=O)(O)O)P(=O)(O)O. The van der Waals surface area contributed by atoms with Crippen molar-refractivity contribution < 1.29 is 38.2 Å². The van der Waals surface area contributed by atoms with Crippen LogP contribution in [-0.2, 0) is 13.9 Å². The minimum absolute atomic E-state index is 0.0153. The second-order valence-corrected chi connectivity index (χ2v) is 8.23. The lowest BCUT2D eigenvalue weighted by Gasteiger charge is -2.19. The fraction of sp³-hybridized carbons (Fsp3) is 0.889. The van der Waals surface area contributed by atoms with Gasteiger partial charge in [0.1, 0.15) is 0 Å². The minimum Gasteiger partial charge on any atom is -0.450 e. The molecule has 11 heteroatoms. The number of carbonyl (C=O) groups excluding carboxylic acids is 1. The summed E-state index contributed by atoms with van der Waals surface area (Å²) in [4.78, 5) is 46.6. The maximum Gasteiger partial charge on any atom is 0.407 e. The van der Waals surface area contributed by atoms with Crippen molar-refractivity contribution >= 4 is 21.3 Å². The monoisotopic (exact) mass is 333 g/mol. The van der Waals surface area contributed by atoms with Gasteiger partial charge in [0.2, 0.25) is 0 Å². The fourth-order valence-electron chi connectivity index (χ4n) is 1.37. The summed E-state index contributed by atoms with van der Waals surface area (Å²) in [6.07, 6.45) is 0.557. The quantitative estimate of drug-likeness (QED) is 0.309. The summed E-state index contributed by atoms with van der Waals surface area (Å²) in [5.74, 6) is 0. The number of nitrogens with one attached hydrogen (secondary N) is 1. The fourth-order valence-corrected chi connectivity index (χ4v) is 3.97. The van der Waals surface area contributed by atoms with E-state index in [1.165, 1.54) is 0 Å². The summed E-state index contributed by atoms with van der Waals surface area (Å²) < 4.78 is 26.7. The highest BCUT2D eigenvalue weighted by atomic mass is 31.2. The summed E-state index contributed by atoms with van der Waals surface area (Å²) in [6.45, 7) is 2.23. The molecule has 0 fully saturated rings. The second kappa shape index (κ2) is 8.77. The summed E-state index contributed by atoms with van der Waals surface area (Å²) in [6, 6.07) is 0. The summed E-state index contributed by atoms with van der Waals surface area (Å²) >= 11 is 0. The minimum atomic E-state index is -4.89. The molecule has 5 N–H and O–H groups in total. The summed E-state index contributed by atoms with van der Waals surface area (Å²) in [5.41, 5.74) is 0. The molecule has 120 valence electrons. The van der Waals surface area contributed by atoms with E-state index in [0.717, 1.165) is 12.8 Å². The van der Waals surface area contributed by atoms with Gasteiger partial charge in [-0.25, -0.2) is 4.79 Å². The first kappa shape index (κ1) is 19.6. The van der Waals surface area contributed by atoms with E-state index in [1.54, 1.807) is 0 Å². The van der Waals surface area contributed by atoms with E-state index >= 15 is 0 Å². The summed E-state index contributed by atoms with van der Waals surface area (Å²) in [7, 11) is -9.78. The van der Waals surface area contributed by atoms with E-state index in [2.05, 4.69) is 5.32 Å². The van der Waals surface area contributed by atoms with Crippen LogP contribution in [0.4, 0.5) is 4.79 Å². The Kier molecular flexibility index (Phi) is 8.58. The van der Waals surface area contributed by atoms with Crippen LogP contribution in [0.15, 0.2) is 0 Å². The van der Waals surface area contributed by atoms with Gasteiger partial charge in [0.05, 0.1) is 6.61 Å². The van der Waals surface area contributed by atoms with E-state index < -0.39 is 33.1 Å². The van der Waals surface area contributed by atoms with Gasteiger partial charge >= 0.3 is 21.3 Å². The Morgan fingerprint density at radius 2 is 1.70 bits per heavy atom. The number of amides is 1. The highest BCUT2D eigenvalue weighted by Crippen LogP contribution is 2.61. The van der Waals surface area contributed by atoms with Crippen molar-refractivity contribution in [3.8, 4) is 0 Å². The van der Waals surface area contributed by atoms with Crippen molar-refractivity contribution in [3.05, 3.63) is 0 Å². The Bertz CT molecular complexity index is 367. The third-order valence-electron chi connectivity index (χ3n) is 2.42. The molecule has 1 amide bonds. The lowest BCUT2D eigenvalue weighted by Crippen LogP contribution is -2.26. The van der Waals surface area contributed by atoms with Crippen LogP contribution in [-0.4, -0.2) is 44.2 Å². The Morgan fingerprint density at radius 1 is 1.15 bits per heavy atom. The van der Waals surface area contributed by atoms with E-state index in [9.17, 15) is 13.9 Å². The molecule has 0 atom stereocenters. The van der Waals surface area contributed by atoms with Crippen LogP contribution < -0.4 is 5.32 Å². The average Bonchev–Trinajstić information content (AvgIpc) is 2.25. The lowest BCUT2D eigenvalue weighted by atomic mass is 10.3. The maximum atomic E-state index is 11.1. The maximum absolute atomic E-state index is 11.1. The van der Waals surface area contributed by atoms with Crippen LogP contribution >= 0.6 is 15.2 Å². The normalized spacial score (nSPS) is 12.5. The van der Waals surface area contributed by atoms with Gasteiger partial charge < -0.3 is 29.6 Å². The van der Waals surface area contributed by atoms with Gasteiger partial charge in [-0.05, 0) is 19.3 Å². The molecule has 0 radical (unpaired) electrons. The predicted octanol–water partition coefficient (Wildman–Crippen LogP) is 0.974. The van der Waals surface area contributed by atoms with Gasteiger partial charge in [-0.1, -0.05) is 13.3 Å². The molecule has 0 bridgehead atoms. The van der Waals surface area contributed by atoms with Crippen LogP contribution in [0.25, 0.3) is 0 Å². The molecule has 0 rings (SSSR count). The van der Waals surface area contributed by atoms with Crippen LogP contribution in [0.5, 0.6) is 0 Å². The molecule has 0 aliphatic heterocycles. The molecule has 0 aliphatic carbocycles.